The third kappa shape index (κ3) is 7.88. The summed E-state index contributed by atoms with van der Waals surface area (Å²) in [6.45, 7) is 7.16. The molecule has 2 N–H and O–H groups in total. The summed E-state index contributed by atoms with van der Waals surface area (Å²) >= 11 is 0. The highest BCUT2D eigenvalue weighted by Crippen LogP contribution is 2.28. The maximum absolute atomic E-state index is 13.9. The normalized spacial score (nSPS) is 14.1. The average molecular weight is 576 g/mol. The lowest BCUT2D eigenvalue weighted by molar-refractivity contribution is -0.140. The third-order valence-corrected chi connectivity index (χ3v) is 8.23. The van der Waals surface area contributed by atoms with Crippen LogP contribution in [-0.4, -0.2) is 53.0 Å². The number of carbonyl (C=O) groups is 2. The van der Waals surface area contributed by atoms with Crippen LogP contribution in [0.2, 0.25) is 0 Å². The molecular weight excluding hydrogens is 533 g/mol. The van der Waals surface area contributed by atoms with Crippen molar-refractivity contribution in [1.82, 2.24) is 15.1 Å². The molecule has 42 heavy (non-hydrogen) atoms. The number of amides is 2. The molecule has 0 atom stereocenters. The van der Waals surface area contributed by atoms with E-state index in [2.05, 4.69) is 24.1 Å². The van der Waals surface area contributed by atoms with Gasteiger partial charge in [0.2, 0.25) is 5.91 Å². The van der Waals surface area contributed by atoms with Gasteiger partial charge in [-0.05, 0) is 67.1 Å². The van der Waals surface area contributed by atoms with E-state index >= 15 is 0 Å². The second-order valence-corrected chi connectivity index (χ2v) is 11.0. The first-order valence-corrected chi connectivity index (χ1v) is 14.8. The predicted molar refractivity (Wildman–Crippen MR) is 162 cm³/mol. The van der Waals surface area contributed by atoms with Crippen LogP contribution >= 0.6 is 0 Å². The zero-order valence-electron chi connectivity index (χ0n) is 24.8. The van der Waals surface area contributed by atoms with Gasteiger partial charge in [-0.1, -0.05) is 50.2 Å². The van der Waals surface area contributed by atoms with Gasteiger partial charge in [0, 0.05) is 55.8 Å². The molecule has 3 aromatic carbocycles. The molecular formula is C34H42FN3O4. The molecule has 8 heteroatoms. The zero-order chi connectivity index (χ0) is 30.1. The van der Waals surface area contributed by atoms with Crippen molar-refractivity contribution >= 4 is 11.8 Å². The molecule has 1 aliphatic heterocycles. The summed E-state index contributed by atoms with van der Waals surface area (Å²) in [7, 11) is 1.54. The lowest BCUT2D eigenvalue weighted by Gasteiger charge is -2.40. The Morgan fingerprint density at radius 3 is 2.31 bits per heavy atom. The molecule has 1 saturated heterocycles. The smallest absolute Gasteiger partial charge is 0.251 e. The van der Waals surface area contributed by atoms with Gasteiger partial charge < -0.3 is 20.1 Å². The van der Waals surface area contributed by atoms with Gasteiger partial charge in [0.1, 0.15) is 5.82 Å². The number of ether oxygens (including phenoxy) is 1. The van der Waals surface area contributed by atoms with Crippen molar-refractivity contribution < 1.29 is 23.8 Å². The van der Waals surface area contributed by atoms with Gasteiger partial charge in [0.05, 0.1) is 7.11 Å². The number of likely N-dealkylation sites (tertiary alicyclic amines) is 1. The van der Waals surface area contributed by atoms with E-state index < -0.39 is 0 Å². The van der Waals surface area contributed by atoms with Crippen LogP contribution in [0.25, 0.3) is 0 Å². The van der Waals surface area contributed by atoms with Crippen molar-refractivity contribution in [2.45, 2.75) is 65.2 Å². The fourth-order valence-corrected chi connectivity index (χ4v) is 5.62. The summed E-state index contributed by atoms with van der Waals surface area (Å²) in [5, 5.41) is 12.9. The van der Waals surface area contributed by atoms with Crippen LogP contribution in [0.5, 0.6) is 11.5 Å². The highest BCUT2D eigenvalue weighted by molar-refractivity contribution is 5.94. The van der Waals surface area contributed by atoms with Gasteiger partial charge in [-0.15, -0.1) is 0 Å². The Kier molecular flexibility index (Phi) is 11.0. The summed E-state index contributed by atoms with van der Waals surface area (Å²) in [6.07, 6.45) is 3.33. The molecule has 1 aliphatic rings. The van der Waals surface area contributed by atoms with Gasteiger partial charge in [-0.3, -0.25) is 14.5 Å². The Bertz CT molecular complexity index is 1330. The lowest BCUT2D eigenvalue weighted by atomic mass is 9.96. The van der Waals surface area contributed by atoms with Crippen molar-refractivity contribution in [3.05, 3.63) is 94.8 Å². The minimum atomic E-state index is -0.346. The number of hydrogen-bond acceptors (Lipinski definition) is 5. The number of rotatable bonds is 12. The van der Waals surface area contributed by atoms with E-state index in [1.165, 1.54) is 13.2 Å². The Labute approximate surface area is 248 Å². The maximum atomic E-state index is 13.9. The van der Waals surface area contributed by atoms with Crippen LogP contribution in [-0.2, 0) is 24.4 Å². The molecule has 1 heterocycles. The fraction of sp³-hybridized carbons (Fsp3) is 0.412. The standard InChI is InChI=1S/C34H42FN3O4/c1-4-26(5-2)34(41)38(29-16-18-37(19-17-29)22-25-12-15-32(42-3)31(39)20-25)23-24-10-13-27(14-11-24)33(40)36-21-28-8-6-7-9-30(28)35/h6-15,20,26,29,39H,4-5,16-19,21-23H2,1-3H3,(H,36,40). The molecule has 0 unspecified atom stereocenters. The molecule has 0 aromatic heterocycles. The van der Waals surface area contributed by atoms with E-state index in [1.807, 2.05) is 23.1 Å². The number of phenols is 1. The molecule has 3 aromatic rings. The first-order valence-electron chi connectivity index (χ1n) is 14.8. The Morgan fingerprint density at radius 2 is 1.69 bits per heavy atom. The van der Waals surface area contributed by atoms with E-state index in [9.17, 15) is 19.1 Å². The number of nitrogens with zero attached hydrogens (tertiary/aromatic N) is 2. The first kappa shape index (κ1) is 31.0. The van der Waals surface area contributed by atoms with Crippen LogP contribution < -0.4 is 10.1 Å². The topological polar surface area (TPSA) is 82.1 Å². The second-order valence-electron chi connectivity index (χ2n) is 11.0. The van der Waals surface area contributed by atoms with Gasteiger partial charge in [-0.25, -0.2) is 4.39 Å². The first-order chi connectivity index (χ1) is 20.3. The summed E-state index contributed by atoms with van der Waals surface area (Å²) < 4.78 is 19.1. The molecule has 4 rings (SSSR count). The number of methoxy groups -OCH3 is 1. The van der Waals surface area contributed by atoms with Crippen molar-refractivity contribution in [2.24, 2.45) is 5.92 Å². The van der Waals surface area contributed by atoms with Crippen LogP contribution in [0.3, 0.4) is 0 Å². The van der Waals surface area contributed by atoms with E-state index in [-0.39, 0.29) is 41.9 Å². The summed E-state index contributed by atoms with van der Waals surface area (Å²) in [4.78, 5) is 30.8. The number of halogens is 1. The number of aromatic hydroxyl groups is 1. The Hall–Kier alpha value is -3.91. The predicted octanol–water partition coefficient (Wildman–Crippen LogP) is 5.90. The number of piperidine rings is 1. The van der Waals surface area contributed by atoms with Gasteiger partial charge in [0.15, 0.2) is 11.5 Å². The quantitative estimate of drug-likeness (QED) is 0.281. The highest BCUT2D eigenvalue weighted by atomic mass is 19.1. The van der Waals surface area contributed by atoms with Crippen molar-refractivity contribution in [2.75, 3.05) is 20.2 Å². The number of hydrogen-bond donors (Lipinski definition) is 2. The Balaban J connectivity index is 1.39. The summed E-state index contributed by atoms with van der Waals surface area (Å²) in [6, 6.07) is 19.3. The van der Waals surface area contributed by atoms with Crippen LogP contribution in [0, 0.1) is 11.7 Å². The van der Waals surface area contributed by atoms with E-state index in [0.717, 1.165) is 56.4 Å². The van der Waals surface area contributed by atoms with E-state index in [1.54, 1.807) is 42.5 Å². The minimum Gasteiger partial charge on any atom is -0.504 e. The highest BCUT2D eigenvalue weighted by Gasteiger charge is 2.31. The molecule has 2 amide bonds. The van der Waals surface area contributed by atoms with Crippen LogP contribution in [0.1, 0.15) is 66.6 Å². The van der Waals surface area contributed by atoms with E-state index in [0.29, 0.717) is 23.4 Å². The second kappa shape index (κ2) is 14.8. The van der Waals surface area contributed by atoms with Crippen molar-refractivity contribution in [3.8, 4) is 11.5 Å². The Morgan fingerprint density at radius 1 is 1.02 bits per heavy atom. The number of carbonyl (C=O) groups excluding carboxylic acids is 2. The minimum absolute atomic E-state index is 0.0197. The molecule has 0 bridgehead atoms. The molecule has 7 nitrogen and oxygen atoms in total. The van der Waals surface area contributed by atoms with Crippen LogP contribution in [0.4, 0.5) is 4.39 Å². The summed E-state index contributed by atoms with van der Waals surface area (Å²) in [5.74, 6) is 0.150. The zero-order valence-corrected chi connectivity index (χ0v) is 24.8. The monoisotopic (exact) mass is 575 g/mol. The average Bonchev–Trinajstić information content (AvgIpc) is 3.01. The molecule has 224 valence electrons. The molecule has 0 saturated carbocycles. The van der Waals surface area contributed by atoms with Gasteiger partial charge in [0.25, 0.3) is 5.91 Å². The fourth-order valence-electron chi connectivity index (χ4n) is 5.62. The van der Waals surface area contributed by atoms with Crippen molar-refractivity contribution in [1.29, 1.82) is 0 Å². The summed E-state index contributed by atoms with van der Waals surface area (Å²) in [5.41, 5.74) is 2.92. The molecule has 0 spiro atoms. The SMILES string of the molecule is CCC(CC)C(=O)N(Cc1ccc(C(=O)NCc2ccccc2F)cc1)C1CCN(Cc2ccc(OC)c(O)c2)CC1. The maximum Gasteiger partial charge on any atom is 0.251 e. The number of phenolic OH excluding ortho intramolecular Hbond substituents is 1. The number of nitrogens with one attached hydrogen (secondary N) is 1. The lowest BCUT2D eigenvalue weighted by Crippen LogP contribution is -2.48. The largest absolute Gasteiger partial charge is 0.504 e. The van der Waals surface area contributed by atoms with Gasteiger partial charge >= 0.3 is 0 Å². The van der Waals surface area contributed by atoms with Crippen molar-refractivity contribution in [3.63, 3.8) is 0 Å². The van der Waals surface area contributed by atoms with Crippen LogP contribution in [0.15, 0.2) is 66.7 Å². The third-order valence-electron chi connectivity index (χ3n) is 8.23. The molecule has 1 fully saturated rings. The van der Waals surface area contributed by atoms with E-state index in [4.69, 9.17) is 4.74 Å². The molecule has 0 radical (unpaired) electrons. The van der Waals surface area contributed by atoms with Gasteiger partial charge in [-0.2, -0.15) is 0 Å². The molecule has 0 aliphatic carbocycles. The number of benzene rings is 3.